The Morgan fingerprint density at radius 3 is 2.76 bits per heavy atom. The molecule has 1 atom stereocenters. The number of amides is 2. The maximum Gasteiger partial charge on any atom is 0.338 e. The molecule has 25 heavy (non-hydrogen) atoms. The SMILES string of the molecule is COCCOC(=O)C1=C(C)NC(=O)N[C@@H]1c1ccc(O)c([N+](=O)[O-])c1. The van der Waals surface area contributed by atoms with Crippen LogP contribution in [0.25, 0.3) is 0 Å². The Kier molecular flexibility index (Phi) is 5.55. The number of aromatic hydroxyl groups is 1. The summed E-state index contributed by atoms with van der Waals surface area (Å²) in [4.78, 5) is 34.4. The highest BCUT2D eigenvalue weighted by atomic mass is 16.6. The summed E-state index contributed by atoms with van der Waals surface area (Å²) in [7, 11) is 1.46. The minimum absolute atomic E-state index is 0.0164. The second-order valence-electron chi connectivity index (χ2n) is 5.20. The summed E-state index contributed by atoms with van der Waals surface area (Å²) in [5.74, 6) is -1.21. The molecule has 0 saturated heterocycles. The van der Waals surface area contributed by atoms with Crippen LogP contribution >= 0.6 is 0 Å². The Hall–Kier alpha value is -3.14. The van der Waals surface area contributed by atoms with Gasteiger partial charge in [0.1, 0.15) is 6.61 Å². The molecular weight excluding hydrogens is 334 g/mol. The predicted octanol–water partition coefficient (Wildman–Crippen LogP) is 1.12. The number of hydrogen-bond acceptors (Lipinski definition) is 7. The maximum absolute atomic E-state index is 12.3. The fourth-order valence-corrected chi connectivity index (χ4v) is 2.38. The lowest BCUT2D eigenvalue weighted by Crippen LogP contribution is -2.45. The lowest BCUT2D eigenvalue weighted by Gasteiger charge is -2.28. The van der Waals surface area contributed by atoms with E-state index in [9.17, 15) is 24.8 Å². The van der Waals surface area contributed by atoms with Crippen molar-refractivity contribution in [1.29, 1.82) is 0 Å². The number of nitro groups is 1. The number of nitrogens with one attached hydrogen (secondary N) is 2. The Morgan fingerprint density at radius 1 is 1.40 bits per heavy atom. The molecule has 1 aliphatic rings. The third kappa shape index (κ3) is 4.04. The average Bonchev–Trinajstić information content (AvgIpc) is 2.54. The summed E-state index contributed by atoms with van der Waals surface area (Å²) in [5.41, 5.74) is 0.106. The van der Waals surface area contributed by atoms with Crippen LogP contribution in [0.2, 0.25) is 0 Å². The van der Waals surface area contributed by atoms with Crippen LogP contribution in [0.4, 0.5) is 10.5 Å². The molecule has 10 heteroatoms. The standard InChI is InChI=1S/C15H17N3O7/c1-8-12(14(20)25-6-5-24-2)13(17-15(21)16-8)9-3-4-11(19)10(7-9)18(22)23/h3-4,7,13,19H,5-6H2,1-2H3,(H2,16,17,21)/t13-/m1/s1. The van der Waals surface area contributed by atoms with E-state index in [0.29, 0.717) is 0 Å². The van der Waals surface area contributed by atoms with Crippen molar-refractivity contribution in [3.05, 3.63) is 45.1 Å². The first-order chi connectivity index (χ1) is 11.8. The Morgan fingerprint density at radius 2 is 2.12 bits per heavy atom. The normalized spacial score (nSPS) is 16.9. The fraction of sp³-hybridized carbons (Fsp3) is 0.333. The first-order valence-electron chi connectivity index (χ1n) is 7.26. The first-order valence-corrected chi connectivity index (χ1v) is 7.26. The second-order valence-corrected chi connectivity index (χ2v) is 5.20. The topological polar surface area (TPSA) is 140 Å². The van der Waals surface area contributed by atoms with E-state index >= 15 is 0 Å². The maximum atomic E-state index is 12.3. The minimum Gasteiger partial charge on any atom is -0.502 e. The van der Waals surface area contributed by atoms with Gasteiger partial charge >= 0.3 is 17.7 Å². The summed E-state index contributed by atoms with van der Waals surface area (Å²) in [6, 6.07) is 2.09. The fourth-order valence-electron chi connectivity index (χ4n) is 2.38. The largest absolute Gasteiger partial charge is 0.502 e. The second kappa shape index (κ2) is 7.62. The summed E-state index contributed by atoms with van der Waals surface area (Å²) in [6.07, 6.45) is 0. The highest BCUT2D eigenvalue weighted by Gasteiger charge is 2.33. The summed E-state index contributed by atoms with van der Waals surface area (Å²) < 4.78 is 9.89. The number of benzene rings is 1. The Balaban J connectivity index is 2.40. The molecule has 1 heterocycles. The molecule has 3 N–H and O–H groups in total. The molecule has 0 aromatic heterocycles. The van der Waals surface area contributed by atoms with Crippen molar-refractivity contribution in [3.8, 4) is 5.75 Å². The molecule has 0 radical (unpaired) electrons. The summed E-state index contributed by atoms with van der Waals surface area (Å²) in [6.45, 7) is 1.74. The van der Waals surface area contributed by atoms with E-state index < -0.39 is 34.4 Å². The monoisotopic (exact) mass is 351 g/mol. The van der Waals surface area contributed by atoms with Gasteiger partial charge in [0.2, 0.25) is 0 Å². The molecule has 2 amide bonds. The van der Waals surface area contributed by atoms with Crippen LogP contribution in [0.1, 0.15) is 18.5 Å². The zero-order chi connectivity index (χ0) is 18.6. The molecule has 134 valence electrons. The van der Waals surface area contributed by atoms with Crippen molar-refractivity contribution in [1.82, 2.24) is 10.6 Å². The molecule has 0 aliphatic carbocycles. The van der Waals surface area contributed by atoms with Crippen LogP contribution in [0, 0.1) is 10.1 Å². The summed E-state index contributed by atoms with van der Waals surface area (Å²) in [5, 5.41) is 25.6. The van der Waals surface area contributed by atoms with Crippen LogP contribution in [0.15, 0.2) is 29.5 Å². The number of urea groups is 1. The number of esters is 1. The van der Waals surface area contributed by atoms with Gasteiger partial charge in [-0.15, -0.1) is 0 Å². The van der Waals surface area contributed by atoms with Crippen LogP contribution in [-0.4, -0.2) is 42.4 Å². The van der Waals surface area contributed by atoms with Crippen molar-refractivity contribution in [2.75, 3.05) is 20.3 Å². The molecule has 0 fully saturated rings. The molecule has 0 bridgehead atoms. The van der Waals surface area contributed by atoms with Crippen molar-refractivity contribution in [2.24, 2.45) is 0 Å². The van der Waals surface area contributed by atoms with Gasteiger partial charge in [-0.05, 0) is 18.6 Å². The van der Waals surface area contributed by atoms with E-state index in [-0.39, 0.29) is 30.0 Å². The van der Waals surface area contributed by atoms with E-state index in [1.54, 1.807) is 0 Å². The van der Waals surface area contributed by atoms with Crippen LogP contribution in [-0.2, 0) is 14.3 Å². The van der Waals surface area contributed by atoms with E-state index in [2.05, 4.69) is 10.6 Å². The number of phenolic OH excluding ortho intramolecular Hbond substituents is 1. The number of nitro benzene ring substituents is 1. The molecule has 2 rings (SSSR count). The Bertz CT molecular complexity index is 745. The van der Waals surface area contributed by atoms with E-state index in [1.165, 1.54) is 20.1 Å². The van der Waals surface area contributed by atoms with Gasteiger partial charge in [-0.1, -0.05) is 6.07 Å². The van der Waals surface area contributed by atoms with E-state index in [1.807, 2.05) is 0 Å². The van der Waals surface area contributed by atoms with Gasteiger partial charge in [-0.2, -0.15) is 0 Å². The third-order valence-corrected chi connectivity index (χ3v) is 3.54. The molecule has 1 aromatic carbocycles. The lowest BCUT2D eigenvalue weighted by molar-refractivity contribution is -0.385. The number of nitrogens with zero attached hydrogens (tertiary/aromatic N) is 1. The van der Waals surface area contributed by atoms with Crippen molar-refractivity contribution >= 4 is 17.7 Å². The quantitative estimate of drug-likeness (QED) is 0.302. The van der Waals surface area contributed by atoms with Crippen LogP contribution in [0.3, 0.4) is 0 Å². The van der Waals surface area contributed by atoms with Crippen LogP contribution in [0.5, 0.6) is 5.75 Å². The average molecular weight is 351 g/mol. The lowest BCUT2D eigenvalue weighted by atomic mass is 9.95. The van der Waals surface area contributed by atoms with Crippen LogP contribution < -0.4 is 10.6 Å². The number of carbonyl (C=O) groups is 2. The zero-order valence-electron chi connectivity index (χ0n) is 13.6. The number of methoxy groups -OCH3 is 1. The number of hydrogen-bond donors (Lipinski definition) is 3. The zero-order valence-corrected chi connectivity index (χ0v) is 13.6. The van der Waals surface area contributed by atoms with Gasteiger partial charge in [-0.25, -0.2) is 9.59 Å². The van der Waals surface area contributed by atoms with E-state index in [4.69, 9.17) is 9.47 Å². The van der Waals surface area contributed by atoms with Gasteiger partial charge < -0.3 is 25.2 Å². The number of allylic oxidation sites excluding steroid dienone is 1. The third-order valence-electron chi connectivity index (χ3n) is 3.54. The molecule has 0 unspecified atom stereocenters. The molecular formula is C15H17N3O7. The number of rotatable bonds is 6. The van der Waals surface area contributed by atoms with Gasteiger partial charge in [0.25, 0.3) is 0 Å². The van der Waals surface area contributed by atoms with Gasteiger partial charge in [-0.3, -0.25) is 10.1 Å². The summed E-state index contributed by atoms with van der Waals surface area (Å²) >= 11 is 0. The molecule has 0 saturated carbocycles. The highest BCUT2D eigenvalue weighted by Crippen LogP contribution is 2.33. The number of ether oxygens (including phenoxy) is 2. The van der Waals surface area contributed by atoms with E-state index in [0.717, 1.165) is 12.1 Å². The minimum atomic E-state index is -0.955. The van der Waals surface area contributed by atoms with Gasteiger partial charge in [0, 0.05) is 18.9 Å². The first kappa shape index (κ1) is 18.2. The van der Waals surface area contributed by atoms with Gasteiger partial charge in [0.15, 0.2) is 5.75 Å². The molecule has 0 spiro atoms. The van der Waals surface area contributed by atoms with Crippen molar-refractivity contribution in [3.63, 3.8) is 0 Å². The number of phenols is 1. The molecule has 10 nitrogen and oxygen atoms in total. The molecule has 1 aliphatic heterocycles. The van der Waals surface area contributed by atoms with Gasteiger partial charge in [0.05, 0.1) is 23.1 Å². The molecule has 1 aromatic rings. The van der Waals surface area contributed by atoms with Crippen molar-refractivity contribution in [2.45, 2.75) is 13.0 Å². The Labute approximate surface area is 142 Å². The van der Waals surface area contributed by atoms with Crippen molar-refractivity contribution < 1.29 is 29.1 Å². The highest BCUT2D eigenvalue weighted by molar-refractivity contribution is 5.95. The number of carbonyl (C=O) groups excluding carboxylic acids is 2. The predicted molar refractivity (Wildman–Crippen MR) is 84.7 cm³/mol. The smallest absolute Gasteiger partial charge is 0.338 e.